The molecule has 0 fully saturated rings. The molecule has 0 radical (unpaired) electrons. The monoisotopic (exact) mass is 1220 g/mol. The van der Waals surface area contributed by atoms with E-state index in [1.165, 1.54) is 154 Å². The minimum absolute atomic E-state index is 0.217. The van der Waals surface area contributed by atoms with Gasteiger partial charge in [-0.1, -0.05) is 296 Å². The van der Waals surface area contributed by atoms with Gasteiger partial charge in [-0.3, -0.25) is 0 Å². The highest BCUT2D eigenvalue weighted by molar-refractivity contribution is 6.20. The van der Waals surface area contributed by atoms with Crippen molar-refractivity contribution in [1.29, 1.82) is 0 Å². The summed E-state index contributed by atoms with van der Waals surface area (Å²) in [6.45, 7) is 14.9. The first-order chi connectivity index (χ1) is 46.9. The predicted molar refractivity (Wildman–Crippen MR) is 406 cm³/mol. The van der Waals surface area contributed by atoms with Crippen LogP contribution in [0.4, 0.5) is 34.1 Å². The molecule has 0 saturated carbocycles. The summed E-state index contributed by atoms with van der Waals surface area (Å²) in [5.74, 6) is 0. The van der Waals surface area contributed by atoms with Crippen LogP contribution in [-0.4, -0.2) is 0 Å². The van der Waals surface area contributed by atoms with Gasteiger partial charge in [0.1, 0.15) is 0 Å². The van der Waals surface area contributed by atoms with E-state index in [1.54, 1.807) is 0 Å². The van der Waals surface area contributed by atoms with Crippen molar-refractivity contribution in [3.8, 4) is 44.5 Å². The number of fused-ring (bicyclic) bond motifs is 22. The second kappa shape index (κ2) is 19.6. The van der Waals surface area contributed by atoms with Crippen LogP contribution in [-0.2, 0) is 21.7 Å². The summed E-state index contributed by atoms with van der Waals surface area (Å²) in [6, 6.07) is 117. The van der Waals surface area contributed by atoms with E-state index in [9.17, 15) is 0 Å². The Kier molecular flexibility index (Phi) is 11.3. The van der Waals surface area contributed by atoms with Crippen LogP contribution in [0.5, 0.6) is 0 Å². The lowest BCUT2D eigenvalue weighted by atomic mass is 9.56. The summed E-state index contributed by atoms with van der Waals surface area (Å²) < 4.78 is 0. The van der Waals surface area contributed by atoms with Gasteiger partial charge in [-0.15, -0.1) is 0 Å². The third-order valence-corrected chi connectivity index (χ3v) is 23.7. The fraction of sp³-hybridized carbons (Fsp3) is 0.106. The van der Waals surface area contributed by atoms with Crippen LogP contribution in [0.15, 0.2) is 303 Å². The predicted octanol–water partition coefficient (Wildman–Crippen LogP) is 25.4. The van der Waals surface area contributed by atoms with Gasteiger partial charge < -0.3 is 9.80 Å². The van der Waals surface area contributed by atoms with Gasteiger partial charge in [-0.25, -0.2) is 0 Å². The SMILES string of the molecule is CC1(C)c2ccccc2-c2ccc(N(c3cccc4ccccc34)c3cc4c(c5ccccc35)-c3c(ccc5ccccc35)C4(C)C3(C)c4ccc5ccccc5c4-c4c3cc(N(c3ccc5c(c3)C(C)(C)c3ccccc3-5)c3cccc5ccccc35)c3ccccc43)cc21. The van der Waals surface area contributed by atoms with Crippen LogP contribution in [0.2, 0.25) is 0 Å². The van der Waals surface area contributed by atoms with E-state index in [0.29, 0.717) is 0 Å². The normalized spacial score (nSPS) is 17.1. The lowest BCUT2D eigenvalue weighted by Crippen LogP contribution is -2.44. The summed E-state index contributed by atoms with van der Waals surface area (Å²) in [5, 5.41) is 14.7. The second-order valence-corrected chi connectivity index (χ2v) is 28.9. The Balaban J connectivity index is 0.918. The first-order valence-electron chi connectivity index (χ1n) is 34.2. The van der Waals surface area contributed by atoms with Crippen molar-refractivity contribution < 1.29 is 0 Å². The van der Waals surface area contributed by atoms with Crippen molar-refractivity contribution in [3.63, 3.8) is 0 Å². The number of anilines is 6. The van der Waals surface area contributed by atoms with Gasteiger partial charge in [0.05, 0.1) is 22.7 Å². The molecule has 2 atom stereocenters. The minimum atomic E-state index is -0.720. The van der Waals surface area contributed by atoms with Crippen molar-refractivity contribution in [3.05, 3.63) is 348 Å². The Morgan fingerprint density at radius 3 is 0.927 bits per heavy atom. The molecule has 0 aromatic heterocycles. The molecule has 0 aliphatic heterocycles. The maximum atomic E-state index is 2.67. The molecular weight excluding hydrogens is 1160 g/mol. The molecule has 0 amide bonds. The quantitative estimate of drug-likeness (QED) is 0.157. The summed E-state index contributed by atoms with van der Waals surface area (Å²) >= 11 is 0. The highest BCUT2D eigenvalue weighted by atomic mass is 15.2. The molecular formula is C94H68N2. The maximum Gasteiger partial charge on any atom is 0.0543 e. The fourth-order valence-electron chi connectivity index (χ4n) is 19.0. The Hall–Kier alpha value is -11.3. The Bertz CT molecular complexity index is 5720. The highest BCUT2D eigenvalue weighted by Crippen LogP contribution is 2.70. The molecule has 0 heterocycles. The largest absolute Gasteiger partial charge is 0.309 e. The first-order valence-corrected chi connectivity index (χ1v) is 34.2. The van der Waals surface area contributed by atoms with Crippen LogP contribution in [0, 0.1) is 0 Å². The average Bonchev–Trinajstić information content (AvgIpc) is 1.49. The fourth-order valence-corrected chi connectivity index (χ4v) is 19.0. The summed E-state index contributed by atoms with van der Waals surface area (Å²) in [6.07, 6.45) is 0. The van der Waals surface area contributed by atoms with Gasteiger partial charge in [0.2, 0.25) is 0 Å². The van der Waals surface area contributed by atoms with Crippen molar-refractivity contribution in [2.75, 3.05) is 9.80 Å². The van der Waals surface area contributed by atoms with E-state index in [2.05, 4.69) is 355 Å². The maximum absolute atomic E-state index is 2.67. The van der Waals surface area contributed by atoms with Crippen LogP contribution in [0.25, 0.3) is 109 Å². The molecule has 96 heavy (non-hydrogen) atoms. The van der Waals surface area contributed by atoms with Crippen molar-refractivity contribution in [2.45, 2.75) is 63.2 Å². The van der Waals surface area contributed by atoms with Gasteiger partial charge in [0.25, 0.3) is 0 Å². The zero-order chi connectivity index (χ0) is 64.1. The molecule has 0 saturated heterocycles. The number of hydrogen-bond acceptors (Lipinski definition) is 2. The zero-order valence-corrected chi connectivity index (χ0v) is 54.8. The third kappa shape index (κ3) is 7.15. The van der Waals surface area contributed by atoms with E-state index < -0.39 is 10.8 Å². The standard InChI is InChI=1S/C94H68N2/c1-91(2)75-41-21-19-35-67(75)69-49-47-61(53-79(69)91)95(83-43-23-29-57-25-7-11-31-63(57)83)85-55-81-89(73-39-17-15-37-71(73)85)87-65-33-13-9-27-59(65)45-51-77(87)93(81,5)94(6)78-52-46-60-28-10-14-34-66(60)88(78)90-74-40-18-16-38-72(74)86(56-82(90)94)96(84-44-24-30-58-26-8-12-32-64(58)84)62-48-50-70-68-36-20-22-42-76(68)92(3,4)80(70)54-62/h7-56H,1-6H3. The minimum Gasteiger partial charge on any atom is -0.309 e. The van der Waals surface area contributed by atoms with E-state index in [-0.39, 0.29) is 10.8 Å². The molecule has 0 spiro atoms. The zero-order valence-electron chi connectivity index (χ0n) is 54.8. The Labute approximate surface area is 560 Å². The topological polar surface area (TPSA) is 6.48 Å². The molecule has 2 heteroatoms. The summed E-state index contributed by atoms with van der Waals surface area (Å²) in [4.78, 5) is 5.25. The molecule has 4 aliphatic rings. The average molecular weight is 1230 g/mol. The third-order valence-electron chi connectivity index (χ3n) is 23.7. The van der Waals surface area contributed by atoms with Gasteiger partial charge in [-0.05, 0) is 181 Å². The van der Waals surface area contributed by atoms with Gasteiger partial charge in [0.15, 0.2) is 0 Å². The smallest absolute Gasteiger partial charge is 0.0543 e. The molecule has 4 aliphatic carbocycles. The molecule has 16 aromatic carbocycles. The number of benzene rings is 16. The number of hydrogen-bond donors (Lipinski definition) is 0. The molecule has 20 rings (SSSR count). The number of rotatable bonds is 7. The Morgan fingerprint density at radius 2 is 0.510 bits per heavy atom. The van der Waals surface area contributed by atoms with Crippen molar-refractivity contribution in [1.82, 2.24) is 0 Å². The lowest BCUT2D eigenvalue weighted by Gasteiger charge is -2.46. The van der Waals surface area contributed by atoms with E-state index in [0.717, 1.165) is 34.1 Å². The van der Waals surface area contributed by atoms with E-state index >= 15 is 0 Å². The molecule has 0 N–H and O–H groups in total. The molecule has 454 valence electrons. The van der Waals surface area contributed by atoms with Crippen LogP contribution in [0.3, 0.4) is 0 Å². The highest BCUT2D eigenvalue weighted by Gasteiger charge is 2.59. The molecule has 2 nitrogen and oxygen atoms in total. The lowest BCUT2D eigenvalue weighted by molar-refractivity contribution is 0.376. The first kappa shape index (κ1) is 55.2. The molecule has 0 bridgehead atoms. The molecule has 16 aromatic rings. The van der Waals surface area contributed by atoms with E-state index in [1.807, 2.05) is 0 Å². The Morgan fingerprint density at radius 1 is 0.198 bits per heavy atom. The van der Waals surface area contributed by atoms with Gasteiger partial charge >= 0.3 is 0 Å². The number of nitrogens with zero attached hydrogens (tertiary/aromatic N) is 2. The summed E-state index contributed by atoms with van der Waals surface area (Å²) in [5.41, 5.74) is 26.2. The van der Waals surface area contributed by atoms with Gasteiger partial charge in [-0.2, -0.15) is 0 Å². The van der Waals surface area contributed by atoms with Gasteiger partial charge in [0, 0.05) is 54.6 Å². The van der Waals surface area contributed by atoms with E-state index in [4.69, 9.17) is 0 Å². The molecule has 2 unspecified atom stereocenters. The van der Waals surface area contributed by atoms with Crippen molar-refractivity contribution in [2.24, 2.45) is 0 Å². The van der Waals surface area contributed by atoms with Crippen molar-refractivity contribution >= 4 is 98.8 Å². The second-order valence-electron chi connectivity index (χ2n) is 28.9. The van der Waals surface area contributed by atoms with Crippen LogP contribution in [0.1, 0.15) is 86.1 Å². The summed E-state index contributed by atoms with van der Waals surface area (Å²) in [7, 11) is 0. The van der Waals surface area contributed by atoms with Crippen LogP contribution < -0.4 is 9.80 Å². The van der Waals surface area contributed by atoms with Crippen LogP contribution >= 0.6 is 0 Å².